The SMILES string of the molecule is COC(=O)CC1CCCCN1CC(=O)Nc1ccc(OC(F)(F)F)cc1. The van der Waals surface area contributed by atoms with Crippen LogP contribution in [0, 0.1) is 0 Å². The first-order chi connectivity index (χ1) is 12.3. The van der Waals surface area contributed by atoms with Crippen LogP contribution in [0.3, 0.4) is 0 Å². The highest BCUT2D eigenvalue weighted by molar-refractivity contribution is 5.92. The number of hydrogen-bond donors (Lipinski definition) is 1. The second-order valence-corrected chi connectivity index (χ2v) is 6.02. The Bertz CT molecular complexity index is 619. The van der Waals surface area contributed by atoms with Crippen molar-refractivity contribution in [2.75, 3.05) is 25.5 Å². The molecule has 1 amide bonds. The number of carbonyl (C=O) groups excluding carboxylic acids is 2. The van der Waals surface area contributed by atoms with E-state index in [-0.39, 0.29) is 36.6 Å². The average molecular weight is 374 g/mol. The van der Waals surface area contributed by atoms with Crippen molar-refractivity contribution in [1.82, 2.24) is 4.90 Å². The molecular formula is C17H21F3N2O4. The summed E-state index contributed by atoms with van der Waals surface area (Å²) in [5, 5.41) is 2.63. The third kappa shape index (κ3) is 6.55. The Hall–Kier alpha value is -2.29. The molecule has 6 nitrogen and oxygen atoms in total. The molecule has 2 rings (SSSR count). The lowest BCUT2D eigenvalue weighted by molar-refractivity contribution is -0.274. The van der Waals surface area contributed by atoms with Crippen LogP contribution in [0.5, 0.6) is 5.75 Å². The van der Waals surface area contributed by atoms with Gasteiger partial charge in [-0.25, -0.2) is 0 Å². The summed E-state index contributed by atoms with van der Waals surface area (Å²) < 4.78 is 44.9. The average Bonchev–Trinajstić information content (AvgIpc) is 2.57. The maximum absolute atomic E-state index is 12.2. The van der Waals surface area contributed by atoms with Gasteiger partial charge in [0.15, 0.2) is 0 Å². The molecule has 0 saturated carbocycles. The summed E-state index contributed by atoms with van der Waals surface area (Å²) in [6.45, 7) is 0.801. The van der Waals surface area contributed by atoms with E-state index in [0.29, 0.717) is 12.2 Å². The molecule has 0 bridgehead atoms. The summed E-state index contributed by atoms with van der Waals surface area (Å²) in [4.78, 5) is 25.6. The number of anilines is 1. The molecular weight excluding hydrogens is 353 g/mol. The second-order valence-electron chi connectivity index (χ2n) is 6.02. The zero-order valence-electron chi connectivity index (χ0n) is 14.3. The number of amides is 1. The Kier molecular flexibility index (Phi) is 6.84. The number of alkyl halides is 3. The number of carbonyl (C=O) groups is 2. The summed E-state index contributed by atoms with van der Waals surface area (Å²) >= 11 is 0. The third-order valence-corrected chi connectivity index (χ3v) is 4.10. The molecule has 1 fully saturated rings. The Morgan fingerprint density at radius 3 is 2.54 bits per heavy atom. The number of rotatable bonds is 6. The van der Waals surface area contributed by atoms with E-state index in [4.69, 9.17) is 0 Å². The fraction of sp³-hybridized carbons (Fsp3) is 0.529. The first-order valence-corrected chi connectivity index (χ1v) is 8.23. The maximum atomic E-state index is 12.2. The van der Waals surface area contributed by atoms with Crippen molar-refractivity contribution in [2.24, 2.45) is 0 Å². The molecule has 0 aromatic heterocycles. The Morgan fingerprint density at radius 1 is 1.23 bits per heavy atom. The molecule has 1 aromatic carbocycles. The zero-order valence-corrected chi connectivity index (χ0v) is 14.3. The molecule has 0 aliphatic carbocycles. The van der Waals surface area contributed by atoms with Crippen LogP contribution in [0.1, 0.15) is 25.7 Å². The van der Waals surface area contributed by atoms with Crippen molar-refractivity contribution >= 4 is 17.6 Å². The van der Waals surface area contributed by atoms with Crippen molar-refractivity contribution in [3.63, 3.8) is 0 Å². The predicted molar refractivity (Wildman–Crippen MR) is 87.6 cm³/mol. The molecule has 0 radical (unpaired) electrons. The maximum Gasteiger partial charge on any atom is 0.573 e. The van der Waals surface area contributed by atoms with Gasteiger partial charge in [0.1, 0.15) is 5.75 Å². The Balaban J connectivity index is 1.89. The van der Waals surface area contributed by atoms with Crippen LogP contribution >= 0.6 is 0 Å². The summed E-state index contributed by atoms with van der Waals surface area (Å²) in [6, 6.07) is 4.88. The molecule has 1 heterocycles. The van der Waals surface area contributed by atoms with E-state index < -0.39 is 6.36 Å². The van der Waals surface area contributed by atoms with Gasteiger partial charge < -0.3 is 14.8 Å². The minimum Gasteiger partial charge on any atom is -0.469 e. The fourth-order valence-electron chi connectivity index (χ4n) is 2.90. The molecule has 1 aliphatic rings. The lowest BCUT2D eigenvalue weighted by Crippen LogP contribution is -2.45. The standard InChI is InChI=1S/C17H21F3N2O4/c1-25-16(24)10-13-4-2-3-9-22(13)11-15(23)21-12-5-7-14(8-6-12)26-17(18,19)20/h5-8,13H,2-4,9-11H2,1H3,(H,21,23). The van der Waals surface area contributed by atoms with E-state index in [2.05, 4.69) is 14.8 Å². The molecule has 1 aliphatic heterocycles. The topological polar surface area (TPSA) is 67.9 Å². The van der Waals surface area contributed by atoms with Crippen molar-refractivity contribution in [3.05, 3.63) is 24.3 Å². The number of likely N-dealkylation sites (tertiary alicyclic amines) is 1. The monoisotopic (exact) mass is 374 g/mol. The molecule has 1 aromatic rings. The zero-order chi connectivity index (χ0) is 19.2. The van der Waals surface area contributed by atoms with Gasteiger partial charge in [-0.05, 0) is 43.7 Å². The van der Waals surface area contributed by atoms with Gasteiger partial charge in [-0.1, -0.05) is 6.42 Å². The highest BCUT2D eigenvalue weighted by atomic mass is 19.4. The summed E-state index contributed by atoms with van der Waals surface area (Å²) in [6.07, 6.45) is -1.79. The molecule has 1 saturated heterocycles. The Labute approximate surface area is 149 Å². The van der Waals surface area contributed by atoms with E-state index in [0.717, 1.165) is 31.4 Å². The summed E-state index contributed by atoms with van der Waals surface area (Å²) in [5.41, 5.74) is 0.367. The predicted octanol–water partition coefficient (Wildman–Crippen LogP) is 2.94. The van der Waals surface area contributed by atoms with Crippen LogP contribution in [-0.4, -0.2) is 49.4 Å². The number of methoxy groups -OCH3 is 1. The van der Waals surface area contributed by atoms with Gasteiger partial charge in [0.25, 0.3) is 0 Å². The smallest absolute Gasteiger partial charge is 0.469 e. The number of nitrogens with one attached hydrogen (secondary N) is 1. The molecule has 1 atom stereocenters. The quantitative estimate of drug-likeness (QED) is 0.776. The first kappa shape index (κ1) is 20.0. The molecule has 9 heteroatoms. The fourth-order valence-corrected chi connectivity index (χ4v) is 2.90. The second kappa shape index (κ2) is 8.88. The van der Waals surface area contributed by atoms with Crippen LogP contribution in [-0.2, 0) is 14.3 Å². The Morgan fingerprint density at radius 2 is 1.92 bits per heavy atom. The van der Waals surface area contributed by atoms with Crippen LogP contribution < -0.4 is 10.1 Å². The number of piperidine rings is 1. The normalized spacial score (nSPS) is 18.2. The minimum atomic E-state index is -4.76. The van der Waals surface area contributed by atoms with Crippen LogP contribution in [0.4, 0.5) is 18.9 Å². The van der Waals surface area contributed by atoms with Crippen molar-refractivity contribution in [3.8, 4) is 5.75 Å². The number of esters is 1. The molecule has 1 unspecified atom stereocenters. The van der Waals surface area contributed by atoms with E-state index in [9.17, 15) is 22.8 Å². The lowest BCUT2D eigenvalue weighted by atomic mass is 9.99. The van der Waals surface area contributed by atoms with Gasteiger partial charge in [-0.2, -0.15) is 0 Å². The van der Waals surface area contributed by atoms with Crippen LogP contribution in [0.25, 0.3) is 0 Å². The minimum absolute atomic E-state index is 0.0514. The van der Waals surface area contributed by atoms with Crippen LogP contribution in [0.2, 0.25) is 0 Å². The molecule has 26 heavy (non-hydrogen) atoms. The van der Waals surface area contributed by atoms with E-state index in [1.165, 1.54) is 19.2 Å². The molecule has 0 spiro atoms. The highest BCUT2D eigenvalue weighted by Gasteiger charge is 2.31. The summed E-state index contributed by atoms with van der Waals surface area (Å²) in [5.74, 6) is -0.974. The van der Waals surface area contributed by atoms with Gasteiger partial charge in [-0.3, -0.25) is 14.5 Å². The van der Waals surface area contributed by atoms with E-state index in [1.54, 1.807) is 0 Å². The summed E-state index contributed by atoms with van der Waals surface area (Å²) in [7, 11) is 1.33. The number of hydrogen-bond acceptors (Lipinski definition) is 5. The van der Waals surface area contributed by atoms with Crippen molar-refractivity contribution in [1.29, 1.82) is 0 Å². The van der Waals surface area contributed by atoms with Gasteiger partial charge in [0.05, 0.1) is 20.1 Å². The number of ether oxygens (including phenoxy) is 2. The van der Waals surface area contributed by atoms with Crippen molar-refractivity contribution < 1.29 is 32.2 Å². The van der Waals surface area contributed by atoms with Crippen molar-refractivity contribution in [2.45, 2.75) is 38.1 Å². The first-order valence-electron chi connectivity index (χ1n) is 8.23. The number of halogens is 3. The van der Waals surface area contributed by atoms with E-state index >= 15 is 0 Å². The van der Waals surface area contributed by atoms with E-state index in [1.807, 2.05) is 4.90 Å². The van der Waals surface area contributed by atoms with Gasteiger partial charge in [0.2, 0.25) is 5.91 Å². The molecule has 144 valence electrons. The van der Waals surface area contributed by atoms with Gasteiger partial charge in [-0.15, -0.1) is 13.2 Å². The molecule has 1 N–H and O–H groups in total. The third-order valence-electron chi connectivity index (χ3n) is 4.10. The largest absolute Gasteiger partial charge is 0.573 e. The number of nitrogens with zero attached hydrogens (tertiary/aromatic N) is 1. The lowest BCUT2D eigenvalue weighted by Gasteiger charge is -2.34. The highest BCUT2D eigenvalue weighted by Crippen LogP contribution is 2.24. The van der Waals surface area contributed by atoms with Crippen LogP contribution in [0.15, 0.2) is 24.3 Å². The van der Waals surface area contributed by atoms with Gasteiger partial charge in [0, 0.05) is 11.7 Å². The number of benzene rings is 1. The van der Waals surface area contributed by atoms with Gasteiger partial charge >= 0.3 is 12.3 Å².